The highest BCUT2D eigenvalue weighted by molar-refractivity contribution is 7.92. The number of amides is 1. The van der Waals surface area contributed by atoms with Crippen molar-refractivity contribution in [3.05, 3.63) is 71.6 Å². The van der Waals surface area contributed by atoms with E-state index in [1.807, 2.05) is 6.92 Å². The van der Waals surface area contributed by atoms with Gasteiger partial charge in [0.2, 0.25) is 0 Å². The van der Waals surface area contributed by atoms with Crippen LogP contribution in [0.5, 0.6) is 5.75 Å². The molecule has 39 heavy (non-hydrogen) atoms. The van der Waals surface area contributed by atoms with Gasteiger partial charge >= 0.3 is 0 Å². The fourth-order valence-corrected chi connectivity index (χ4v) is 7.73. The molecule has 1 aliphatic heterocycles. The Balaban J connectivity index is 1.77. The molecule has 10 nitrogen and oxygen atoms in total. The zero-order valence-electron chi connectivity index (χ0n) is 21.7. The maximum absolute atomic E-state index is 13.6. The topological polar surface area (TPSA) is 133 Å². The second-order valence-corrected chi connectivity index (χ2v) is 14.3. The normalized spacial score (nSPS) is 19.1. The predicted molar refractivity (Wildman–Crippen MR) is 149 cm³/mol. The highest BCUT2D eigenvalue weighted by atomic mass is 32.2. The van der Waals surface area contributed by atoms with Crippen LogP contribution in [0.1, 0.15) is 24.2 Å². The van der Waals surface area contributed by atoms with Crippen molar-refractivity contribution in [2.75, 3.05) is 31.5 Å². The van der Waals surface area contributed by atoms with Crippen LogP contribution in [0.2, 0.25) is 0 Å². The Kier molecular flexibility index (Phi) is 8.66. The third-order valence-electron chi connectivity index (χ3n) is 6.59. The fraction of sp³-hybridized carbons (Fsp3) is 0.346. The Morgan fingerprint density at radius 2 is 1.82 bits per heavy atom. The van der Waals surface area contributed by atoms with Crippen molar-refractivity contribution >= 4 is 43.0 Å². The Morgan fingerprint density at radius 3 is 2.46 bits per heavy atom. The summed E-state index contributed by atoms with van der Waals surface area (Å²) in [5.74, 6) is -0.816. The molecular weight excluding hydrogens is 563 g/mol. The SMILES string of the molecule is C[C@@H]1CN([C@H](C)CO)C(=O)c2cccc(NS(=O)(=O)c3ccccc3)c2O[C@@H]1CN(C)S(=O)(=O)c1cccs1. The van der Waals surface area contributed by atoms with E-state index in [9.17, 15) is 26.7 Å². The van der Waals surface area contributed by atoms with Crippen LogP contribution in [0.3, 0.4) is 0 Å². The molecule has 1 aliphatic rings. The van der Waals surface area contributed by atoms with Gasteiger partial charge in [0, 0.05) is 19.5 Å². The van der Waals surface area contributed by atoms with E-state index in [0.717, 1.165) is 11.3 Å². The number of carbonyl (C=O) groups is 1. The van der Waals surface area contributed by atoms with Gasteiger partial charge in [0.1, 0.15) is 10.3 Å². The van der Waals surface area contributed by atoms with Crippen LogP contribution in [0.15, 0.2) is 75.1 Å². The number of likely N-dealkylation sites (N-methyl/N-ethyl adjacent to an activating group) is 1. The number of rotatable bonds is 9. The van der Waals surface area contributed by atoms with Crippen LogP contribution >= 0.6 is 11.3 Å². The van der Waals surface area contributed by atoms with Crippen molar-refractivity contribution < 1.29 is 31.5 Å². The molecule has 2 aromatic carbocycles. The fourth-order valence-electron chi connectivity index (χ4n) is 4.26. The number of sulfonamides is 2. The number of nitrogens with one attached hydrogen (secondary N) is 1. The van der Waals surface area contributed by atoms with E-state index in [0.29, 0.717) is 0 Å². The van der Waals surface area contributed by atoms with Crippen molar-refractivity contribution in [1.82, 2.24) is 9.21 Å². The lowest BCUT2D eigenvalue weighted by atomic mass is 9.99. The molecule has 0 saturated carbocycles. The Morgan fingerprint density at radius 1 is 1.10 bits per heavy atom. The third kappa shape index (κ3) is 6.12. The highest BCUT2D eigenvalue weighted by Crippen LogP contribution is 2.36. The summed E-state index contributed by atoms with van der Waals surface area (Å²) in [6.45, 7) is 3.37. The minimum absolute atomic E-state index is 0.00406. The first-order valence-electron chi connectivity index (χ1n) is 12.2. The molecule has 3 atom stereocenters. The minimum Gasteiger partial charge on any atom is -0.486 e. The molecule has 0 radical (unpaired) electrons. The first kappa shape index (κ1) is 29.0. The van der Waals surface area contributed by atoms with Crippen molar-refractivity contribution in [3.63, 3.8) is 0 Å². The summed E-state index contributed by atoms with van der Waals surface area (Å²) in [6.07, 6.45) is -0.757. The van der Waals surface area contributed by atoms with Crippen molar-refractivity contribution in [3.8, 4) is 5.75 Å². The van der Waals surface area contributed by atoms with Crippen LogP contribution in [0, 0.1) is 5.92 Å². The summed E-state index contributed by atoms with van der Waals surface area (Å²) in [7, 11) is -6.37. The number of fused-ring (bicyclic) bond motifs is 1. The molecular formula is C26H31N3O7S3. The highest BCUT2D eigenvalue weighted by Gasteiger charge is 2.36. The van der Waals surface area contributed by atoms with Gasteiger partial charge in [-0.25, -0.2) is 16.8 Å². The Bertz CT molecular complexity index is 1510. The number of aliphatic hydroxyl groups is 1. The molecule has 2 heterocycles. The van der Waals surface area contributed by atoms with Gasteiger partial charge in [-0.2, -0.15) is 4.31 Å². The van der Waals surface area contributed by atoms with Crippen molar-refractivity contribution in [2.24, 2.45) is 5.92 Å². The molecule has 210 valence electrons. The zero-order valence-corrected chi connectivity index (χ0v) is 24.2. The summed E-state index contributed by atoms with van der Waals surface area (Å²) in [5.41, 5.74) is 0.147. The first-order valence-corrected chi connectivity index (χ1v) is 16.0. The lowest BCUT2D eigenvalue weighted by Crippen LogP contribution is -2.50. The van der Waals surface area contributed by atoms with E-state index in [2.05, 4.69) is 4.72 Å². The standard InChI is InChI=1S/C26H31N3O7S3/c1-18-15-29(19(2)17-30)26(31)21-11-7-12-22(27-38(32,33)20-9-5-4-6-10-20)25(21)36-23(18)16-28(3)39(34,35)24-13-8-14-37-24/h4-14,18-19,23,27,30H,15-17H2,1-3H3/t18-,19-,23-/m1/s1. The Labute approximate surface area is 232 Å². The number of para-hydroxylation sites is 1. The number of carbonyl (C=O) groups excluding carboxylic acids is 1. The molecule has 3 aromatic rings. The molecule has 13 heteroatoms. The number of benzene rings is 2. The average molecular weight is 594 g/mol. The molecule has 0 unspecified atom stereocenters. The van der Waals surface area contributed by atoms with Gasteiger partial charge in [0.25, 0.3) is 26.0 Å². The number of hydrogen-bond donors (Lipinski definition) is 2. The Hall–Kier alpha value is -2.97. The number of ether oxygens (including phenoxy) is 1. The minimum atomic E-state index is -4.03. The summed E-state index contributed by atoms with van der Waals surface area (Å²) >= 11 is 1.10. The van der Waals surface area contributed by atoms with E-state index >= 15 is 0 Å². The lowest BCUT2D eigenvalue weighted by Gasteiger charge is -2.38. The second kappa shape index (κ2) is 11.6. The molecule has 0 aliphatic carbocycles. The number of aliphatic hydroxyl groups excluding tert-OH is 1. The maximum Gasteiger partial charge on any atom is 0.262 e. The van der Waals surface area contributed by atoms with Crippen molar-refractivity contribution in [1.29, 1.82) is 0 Å². The van der Waals surface area contributed by atoms with Gasteiger partial charge in [0.05, 0.1) is 35.3 Å². The van der Waals surface area contributed by atoms with Gasteiger partial charge in [0.15, 0.2) is 5.75 Å². The number of nitrogens with zero attached hydrogens (tertiary/aromatic N) is 2. The first-order chi connectivity index (χ1) is 18.5. The monoisotopic (exact) mass is 593 g/mol. The number of thiophene rings is 1. The van der Waals surface area contributed by atoms with E-state index in [1.165, 1.54) is 52.7 Å². The summed E-state index contributed by atoms with van der Waals surface area (Å²) in [4.78, 5) is 15.2. The smallest absolute Gasteiger partial charge is 0.262 e. The quantitative estimate of drug-likeness (QED) is 0.390. The molecule has 0 fully saturated rings. The second-order valence-electron chi connectivity index (χ2n) is 9.44. The van der Waals surface area contributed by atoms with E-state index < -0.39 is 38.1 Å². The molecule has 4 rings (SSSR count). The van der Waals surface area contributed by atoms with Crippen LogP contribution in [-0.2, 0) is 20.0 Å². The average Bonchev–Trinajstić information content (AvgIpc) is 3.47. The number of hydrogen-bond acceptors (Lipinski definition) is 8. The van der Waals surface area contributed by atoms with E-state index in [1.54, 1.807) is 36.6 Å². The summed E-state index contributed by atoms with van der Waals surface area (Å²) < 4.78 is 62.8. The van der Waals surface area contributed by atoms with Gasteiger partial charge in [-0.15, -0.1) is 11.3 Å². The maximum atomic E-state index is 13.6. The summed E-state index contributed by atoms with van der Waals surface area (Å²) in [6, 6.07) is 15.0. The summed E-state index contributed by atoms with van der Waals surface area (Å²) in [5, 5.41) is 11.5. The van der Waals surface area contributed by atoms with E-state index in [4.69, 9.17) is 4.74 Å². The number of anilines is 1. The molecule has 0 bridgehead atoms. The van der Waals surface area contributed by atoms with Gasteiger partial charge in [-0.3, -0.25) is 9.52 Å². The van der Waals surface area contributed by atoms with Crippen LogP contribution in [0.25, 0.3) is 0 Å². The van der Waals surface area contributed by atoms with Gasteiger partial charge in [-0.05, 0) is 42.6 Å². The molecule has 1 amide bonds. The molecule has 1 aromatic heterocycles. The van der Waals surface area contributed by atoms with Crippen molar-refractivity contribution in [2.45, 2.75) is 35.1 Å². The van der Waals surface area contributed by atoms with Crippen LogP contribution in [-0.4, -0.2) is 75.9 Å². The third-order valence-corrected chi connectivity index (χ3v) is 11.2. The zero-order chi connectivity index (χ0) is 28.4. The molecule has 0 spiro atoms. The van der Waals surface area contributed by atoms with Gasteiger partial charge in [-0.1, -0.05) is 37.3 Å². The largest absolute Gasteiger partial charge is 0.486 e. The molecule has 0 saturated heterocycles. The predicted octanol–water partition coefficient (Wildman–Crippen LogP) is 3.09. The molecule has 2 N–H and O–H groups in total. The van der Waals surface area contributed by atoms with E-state index in [-0.39, 0.29) is 51.7 Å². The lowest BCUT2D eigenvalue weighted by molar-refractivity contribution is 0.0389. The van der Waals surface area contributed by atoms with Crippen LogP contribution in [0.4, 0.5) is 5.69 Å². The van der Waals surface area contributed by atoms with Gasteiger partial charge < -0.3 is 14.7 Å². The van der Waals surface area contributed by atoms with Crippen LogP contribution < -0.4 is 9.46 Å².